The third-order valence-electron chi connectivity index (χ3n) is 5.76. The number of aryl methyl sites for hydroxylation is 1. The highest BCUT2D eigenvalue weighted by Gasteiger charge is 2.17. The van der Waals surface area contributed by atoms with E-state index < -0.39 is 0 Å². The molecule has 1 atom stereocenters. The second-order valence-corrected chi connectivity index (χ2v) is 8.11. The van der Waals surface area contributed by atoms with Crippen LogP contribution in [0.15, 0.2) is 11.3 Å². The zero-order valence-corrected chi connectivity index (χ0v) is 21.1. The van der Waals surface area contributed by atoms with E-state index in [1.54, 1.807) is 6.33 Å². The number of nitrogens with zero attached hydrogens (tertiary/aromatic N) is 5. The normalized spacial score (nSPS) is 19.8. The number of likely N-dealkylation sites (tertiary alicyclic amines) is 1. The van der Waals surface area contributed by atoms with Crippen molar-refractivity contribution < 1.29 is 9.53 Å². The van der Waals surface area contributed by atoms with Gasteiger partial charge in [0.05, 0.1) is 6.61 Å². The Morgan fingerprint density at radius 1 is 1.26 bits per heavy atom. The molecule has 2 N–H and O–H groups in total. The molecule has 1 amide bonds. The molecular weight excluding hydrogens is 509 g/mol. The summed E-state index contributed by atoms with van der Waals surface area (Å²) in [6.07, 6.45) is 8.67. The van der Waals surface area contributed by atoms with Crippen LogP contribution in [0.3, 0.4) is 0 Å². The molecule has 0 saturated carbocycles. The highest BCUT2D eigenvalue weighted by atomic mass is 127. The molecule has 2 aliphatic rings. The van der Waals surface area contributed by atoms with Gasteiger partial charge in [0.1, 0.15) is 12.2 Å². The smallest absolute Gasteiger partial charge is 0.222 e. The van der Waals surface area contributed by atoms with Gasteiger partial charge in [-0.1, -0.05) is 13.3 Å². The summed E-state index contributed by atoms with van der Waals surface area (Å²) < 4.78 is 7.54. The summed E-state index contributed by atoms with van der Waals surface area (Å²) in [7, 11) is 0. The molecule has 0 aromatic carbocycles. The van der Waals surface area contributed by atoms with Crippen molar-refractivity contribution in [2.24, 2.45) is 10.9 Å². The zero-order valence-electron chi connectivity index (χ0n) is 18.7. The van der Waals surface area contributed by atoms with E-state index in [2.05, 4.69) is 32.3 Å². The van der Waals surface area contributed by atoms with Crippen LogP contribution < -0.4 is 10.6 Å². The molecule has 2 saturated heterocycles. The van der Waals surface area contributed by atoms with Crippen LogP contribution in [0, 0.1) is 5.92 Å². The molecule has 3 rings (SSSR count). The standard InChI is InChI=1S/C21H37N7O2.HI/c1-2-19-26-25-17-28(19)13-10-23-21(24-15-18-8-14-30-16-18)22-9-6-12-27-11-5-3-4-7-20(27)29;/h17-18H,2-16H2,1H3,(H2,22,23,24);1H. The zero-order chi connectivity index (χ0) is 21.0. The van der Waals surface area contributed by atoms with Crippen molar-refractivity contribution >= 4 is 35.8 Å². The first-order chi connectivity index (χ1) is 14.8. The molecule has 2 aliphatic heterocycles. The first-order valence-corrected chi connectivity index (χ1v) is 11.5. The summed E-state index contributed by atoms with van der Waals surface area (Å²) in [5.74, 6) is 2.63. The highest BCUT2D eigenvalue weighted by Crippen LogP contribution is 2.12. The van der Waals surface area contributed by atoms with E-state index in [1.807, 2.05) is 4.90 Å². The van der Waals surface area contributed by atoms with Crippen molar-refractivity contribution in [1.29, 1.82) is 0 Å². The van der Waals surface area contributed by atoms with Crippen LogP contribution in [0.4, 0.5) is 0 Å². The summed E-state index contributed by atoms with van der Waals surface area (Å²) in [4.78, 5) is 18.9. The largest absolute Gasteiger partial charge is 0.381 e. The minimum atomic E-state index is 0. The van der Waals surface area contributed by atoms with E-state index in [9.17, 15) is 4.79 Å². The Balaban J connectivity index is 0.00000341. The number of carbonyl (C=O) groups is 1. The fourth-order valence-corrected chi connectivity index (χ4v) is 3.91. The number of nitrogens with one attached hydrogen (secondary N) is 2. The fourth-order valence-electron chi connectivity index (χ4n) is 3.91. The number of amides is 1. The van der Waals surface area contributed by atoms with E-state index >= 15 is 0 Å². The molecule has 31 heavy (non-hydrogen) atoms. The first kappa shape index (κ1) is 25.8. The van der Waals surface area contributed by atoms with Gasteiger partial charge in [0, 0.05) is 64.6 Å². The lowest BCUT2D eigenvalue weighted by molar-refractivity contribution is -0.130. The second kappa shape index (κ2) is 14.6. The molecule has 3 heterocycles. The lowest BCUT2D eigenvalue weighted by Gasteiger charge is -2.21. The highest BCUT2D eigenvalue weighted by molar-refractivity contribution is 14.0. The Labute approximate surface area is 202 Å². The van der Waals surface area contributed by atoms with Crippen molar-refractivity contribution in [3.8, 4) is 0 Å². The number of hydrogen-bond acceptors (Lipinski definition) is 5. The number of hydrogen-bond donors (Lipinski definition) is 2. The van der Waals surface area contributed by atoms with E-state index in [4.69, 9.17) is 9.73 Å². The van der Waals surface area contributed by atoms with Gasteiger partial charge in [-0.3, -0.25) is 9.79 Å². The maximum atomic E-state index is 12.1. The predicted molar refractivity (Wildman–Crippen MR) is 132 cm³/mol. The van der Waals surface area contributed by atoms with Gasteiger partial charge in [0.2, 0.25) is 5.91 Å². The van der Waals surface area contributed by atoms with Crippen LogP contribution in [0.25, 0.3) is 0 Å². The van der Waals surface area contributed by atoms with Crippen molar-refractivity contribution in [3.63, 3.8) is 0 Å². The lowest BCUT2D eigenvalue weighted by atomic mass is 10.1. The van der Waals surface area contributed by atoms with Gasteiger partial charge in [-0.05, 0) is 25.7 Å². The average molecular weight is 547 g/mol. The Hall–Kier alpha value is -1.43. The van der Waals surface area contributed by atoms with Gasteiger partial charge in [-0.25, -0.2) is 0 Å². The molecule has 0 bridgehead atoms. The van der Waals surface area contributed by atoms with E-state index in [1.165, 1.54) is 0 Å². The van der Waals surface area contributed by atoms with Crippen LogP contribution in [-0.2, 0) is 22.5 Å². The maximum Gasteiger partial charge on any atom is 0.222 e. The molecule has 9 nitrogen and oxygen atoms in total. The van der Waals surface area contributed by atoms with Crippen LogP contribution in [0.1, 0.15) is 51.3 Å². The SMILES string of the molecule is CCc1nncn1CCNC(=NCC1CCOC1)NCCCN1CCCCCC1=O.I. The van der Waals surface area contributed by atoms with E-state index in [-0.39, 0.29) is 24.0 Å². The maximum absolute atomic E-state index is 12.1. The van der Waals surface area contributed by atoms with Crippen LogP contribution in [-0.4, -0.2) is 77.5 Å². The number of halogens is 1. The number of guanidine groups is 1. The van der Waals surface area contributed by atoms with Crippen molar-refractivity contribution in [1.82, 2.24) is 30.3 Å². The van der Waals surface area contributed by atoms with Crippen LogP contribution in [0.2, 0.25) is 0 Å². The van der Waals surface area contributed by atoms with Crippen LogP contribution >= 0.6 is 24.0 Å². The minimum Gasteiger partial charge on any atom is -0.381 e. The molecular formula is C21H38IN7O2. The summed E-state index contributed by atoms with van der Waals surface area (Å²) >= 11 is 0. The predicted octanol–water partition coefficient (Wildman–Crippen LogP) is 1.82. The van der Waals surface area contributed by atoms with E-state index in [0.717, 1.165) is 103 Å². The molecule has 0 aliphatic carbocycles. The molecule has 1 unspecified atom stereocenters. The first-order valence-electron chi connectivity index (χ1n) is 11.5. The van der Waals surface area contributed by atoms with Gasteiger partial charge < -0.3 is 24.8 Å². The Morgan fingerprint density at radius 2 is 2.13 bits per heavy atom. The fraction of sp³-hybridized carbons (Fsp3) is 0.810. The number of rotatable bonds is 10. The van der Waals surface area contributed by atoms with Gasteiger partial charge in [0.25, 0.3) is 0 Å². The summed E-state index contributed by atoms with van der Waals surface area (Å²) in [5, 5.41) is 15.0. The number of aromatic nitrogens is 3. The van der Waals surface area contributed by atoms with Crippen molar-refractivity contribution in [2.75, 3.05) is 45.9 Å². The van der Waals surface area contributed by atoms with Crippen LogP contribution in [0.5, 0.6) is 0 Å². The summed E-state index contributed by atoms with van der Waals surface area (Å²) in [6, 6.07) is 0. The van der Waals surface area contributed by atoms with Gasteiger partial charge >= 0.3 is 0 Å². The Morgan fingerprint density at radius 3 is 2.94 bits per heavy atom. The number of carbonyl (C=O) groups excluding carboxylic acids is 1. The van der Waals surface area contributed by atoms with E-state index in [0.29, 0.717) is 18.2 Å². The number of ether oxygens (including phenoxy) is 1. The molecule has 1 aromatic heterocycles. The quantitative estimate of drug-likeness (QED) is 0.201. The molecule has 176 valence electrons. The molecule has 10 heteroatoms. The summed E-state index contributed by atoms with van der Waals surface area (Å²) in [5.41, 5.74) is 0. The monoisotopic (exact) mass is 547 g/mol. The van der Waals surface area contributed by atoms with Gasteiger partial charge in [-0.2, -0.15) is 0 Å². The average Bonchev–Trinajstić information content (AvgIpc) is 3.39. The second-order valence-electron chi connectivity index (χ2n) is 8.11. The van der Waals surface area contributed by atoms with Crippen molar-refractivity contribution in [2.45, 2.75) is 58.4 Å². The van der Waals surface area contributed by atoms with Gasteiger partial charge in [0.15, 0.2) is 5.96 Å². The van der Waals surface area contributed by atoms with Crippen molar-refractivity contribution in [3.05, 3.63) is 12.2 Å². The number of aliphatic imine (C=N–C) groups is 1. The lowest BCUT2D eigenvalue weighted by Crippen LogP contribution is -2.41. The summed E-state index contributed by atoms with van der Waals surface area (Å²) in [6.45, 7) is 8.56. The Kier molecular flexibility index (Phi) is 12.2. The third kappa shape index (κ3) is 8.91. The topological polar surface area (TPSA) is 96.7 Å². The molecule has 1 aromatic rings. The van der Waals surface area contributed by atoms with Gasteiger partial charge in [-0.15, -0.1) is 34.2 Å². The minimum absolute atomic E-state index is 0. The molecule has 0 spiro atoms. The molecule has 0 radical (unpaired) electrons. The molecule has 2 fully saturated rings. The third-order valence-corrected chi connectivity index (χ3v) is 5.76. The Bertz CT molecular complexity index is 676.